The highest BCUT2D eigenvalue weighted by Gasteiger charge is 1.87. The van der Waals surface area contributed by atoms with Gasteiger partial charge in [-0.2, -0.15) is 0 Å². The van der Waals surface area contributed by atoms with E-state index in [2.05, 4.69) is 13.3 Å². The molecule has 0 rings (SSSR count). The molecule has 10 heavy (non-hydrogen) atoms. The molecule has 0 aliphatic carbocycles. The molecule has 1 radical (unpaired) electrons. The maximum absolute atomic E-state index is 5.34. The molecule has 0 fully saturated rings. The Morgan fingerprint density at radius 3 is 2.50 bits per heavy atom. The van der Waals surface area contributed by atoms with Crippen LogP contribution in [0.5, 0.6) is 0 Å². The van der Waals surface area contributed by atoms with Gasteiger partial charge in [0.1, 0.15) is 0 Å². The summed E-state index contributed by atoms with van der Waals surface area (Å²) in [6, 6.07) is 0. The summed E-state index contributed by atoms with van der Waals surface area (Å²) < 4.78 is 0. The van der Waals surface area contributed by atoms with Gasteiger partial charge in [0.05, 0.1) is 0 Å². The van der Waals surface area contributed by atoms with Crippen molar-refractivity contribution in [3.63, 3.8) is 0 Å². The molecule has 0 amide bonds. The normalized spacial score (nSPS) is 10.2. The van der Waals surface area contributed by atoms with E-state index in [1.165, 1.54) is 32.1 Å². The largest absolute Gasteiger partial charge is 0.330 e. The van der Waals surface area contributed by atoms with Crippen molar-refractivity contribution in [2.45, 2.75) is 45.4 Å². The minimum atomic E-state index is 0.813. The highest BCUT2D eigenvalue weighted by molar-refractivity contribution is 4.64. The van der Waals surface area contributed by atoms with Crippen LogP contribution in [-0.2, 0) is 0 Å². The van der Waals surface area contributed by atoms with Crippen molar-refractivity contribution in [2.24, 2.45) is 5.73 Å². The lowest BCUT2D eigenvalue weighted by molar-refractivity contribution is 0.652. The van der Waals surface area contributed by atoms with Gasteiger partial charge < -0.3 is 5.73 Å². The lowest BCUT2D eigenvalue weighted by Crippen LogP contribution is -1.97. The highest BCUT2D eigenvalue weighted by atomic mass is 14.5. The first kappa shape index (κ1) is 9.96. The van der Waals surface area contributed by atoms with E-state index in [0.29, 0.717) is 0 Å². The van der Waals surface area contributed by atoms with Crippen LogP contribution in [0.4, 0.5) is 0 Å². The minimum Gasteiger partial charge on any atom is -0.330 e. The molecule has 61 valence electrons. The van der Waals surface area contributed by atoms with Gasteiger partial charge in [-0.25, -0.2) is 0 Å². The zero-order valence-electron chi connectivity index (χ0n) is 7.10. The quantitative estimate of drug-likeness (QED) is 0.543. The number of hydrogen-bond donors (Lipinski definition) is 1. The summed E-state index contributed by atoms with van der Waals surface area (Å²) in [6.07, 6.45) is 10.1. The third-order valence-electron chi connectivity index (χ3n) is 1.63. The molecular weight excluding hydrogens is 122 g/mol. The summed E-state index contributed by atoms with van der Waals surface area (Å²) in [5.74, 6) is 0. The van der Waals surface area contributed by atoms with Gasteiger partial charge in [-0.1, -0.05) is 39.0 Å². The Kier molecular flexibility index (Phi) is 8.92. The second kappa shape index (κ2) is 8.96. The van der Waals surface area contributed by atoms with Crippen LogP contribution in [0.3, 0.4) is 0 Å². The molecule has 1 nitrogen and oxygen atoms in total. The van der Waals surface area contributed by atoms with Crippen molar-refractivity contribution in [1.82, 2.24) is 0 Å². The molecular formula is C9H20N. The van der Waals surface area contributed by atoms with Gasteiger partial charge in [0.15, 0.2) is 0 Å². The van der Waals surface area contributed by atoms with Crippen LogP contribution in [0.15, 0.2) is 0 Å². The van der Waals surface area contributed by atoms with E-state index in [1.54, 1.807) is 0 Å². The van der Waals surface area contributed by atoms with Gasteiger partial charge >= 0.3 is 0 Å². The Morgan fingerprint density at radius 1 is 1.10 bits per heavy atom. The summed E-state index contributed by atoms with van der Waals surface area (Å²) in [5, 5.41) is 0. The second-order valence-corrected chi connectivity index (χ2v) is 2.72. The molecule has 1 heteroatoms. The number of nitrogens with two attached hydrogens (primary N) is 1. The third kappa shape index (κ3) is 7.96. The van der Waals surface area contributed by atoms with Crippen LogP contribution < -0.4 is 5.73 Å². The van der Waals surface area contributed by atoms with Crippen LogP contribution in [-0.4, -0.2) is 6.54 Å². The van der Waals surface area contributed by atoms with Gasteiger partial charge in [-0.15, -0.1) is 0 Å². The maximum atomic E-state index is 5.34. The van der Waals surface area contributed by atoms with E-state index >= 15 is 0 Å². The fraction of sp³-hybridized carbons (Fsp3) is 0.889. The van der Waals surface area contributed by atoms with Gasteiger partial charge in [-0.3, -0.25) is 0 Å². The predicted molar refractivity (Wildman–Crippen MR) is 46.7 cm³/mol. The summed E-state index contributed by atoms with van der Waals surface area (Å²) >= 11 is 0. The van der Waals surface area contributed by atoms with Crippen LogP contribution >= 0.6 is 0 Å². The average molecular weight is 142 g/mol. The van der Waals surface area contributed by atoms with Crippen molar-refractivity contribution in [1.29, 1.82) is 0 Å². The Morgan fingerprint density at radius 2 is 1.90 bits per heavy atom. The Bertz CT molecular complexity index is 44.7. The van der Waals surface area contributed by atoms with Crippen LogP contribution in [0.1, 0.15) is 45.4 Å². The smallest absolute Gasteiger partial charge is 0.00745 e. The van der Waals surface area contributed by atoms with E-state index < -0.39 is 0 Å². The topological polar surface area (TPSA) is 26.0 Å². The zero-order chi connectivity index (χ0) is 7.66. The van der Waals surface area contributed by atoms with Gasteiger partial charge in [0.2, 0.25) is 0 Å². The van der Waals surface area contributed by atoms with Gasteiger partial charge in [0, 0.05) is 0 Å². The fourth-order valence-electron chi connectivity index (χ4n) is 0.978. The fourth-order valence-corrected chi connectivity index (χ4v) is 0.978. The van der Waals surface area contributed by atoms with Gasteiger partial charge in [0.25, 0.3) is 0 Å². The van der Waals surface area contributed by atoms with E-state index in [1.807, 2.05) is 0 Å². The van der Waals surface area contributed by atoms with Crippen molar-refractivity contribution >= 4 is 0 Å². The monoisotopic (exact) mass is 142 g/mol. The summed E-state index contributed by atoms with van der Waals surface area (Å²) in [6.45, 7) is 3.05. The summed E-state index contributed by atoms with van der Waals surface area (Å²) in [5.41, 5.74) is 5.34. The lowest BCUT2D eigenvalue weighted by atomic mass is 10.1. The zero-order valence-corrected chi connectivity index (χ0v) is 7.10. The van der Waals surface area contributed by atoms with E-state index in [-0.39, 0.29) is 0 Å². The van der Waals surface area contributed by atoms with Crippen molar-refractivity contribution in [3.8, 4) is 0 Å². The van der Waals surface area contributed by atoms with Crippen molar-refractivity contribution in [2.75, 3.05) is 6.54 Å². The highest BCUT2D eigenvalue weighted by Crippen LogP contribution is 2.04. The molecule has 0 aromatic carbocycles. The van der Waals surface area contributed by atoms with Gasteiger partial charge in [-0.05, 0) is 19.4 Å². The first-order valence-electron chi connectivity index (χ1n) is 4.43. The molecule has 0 atom stereocenters. The van der Waals surface area contributed by atoms with Crippen LogP contribution in [0.25, 0.3) is 0 Å². The molecule has 0 spiro atoms. The van der Waals surface area contributed by atoms with E-state index in [9.17, 15) is 0 Å². The predicted octanol–water partition coefficient (Wildman–Crippen LogP) is 2.51. The third-order valence-corrected chi connectivity index (χ3v) is 1.63. The summed E-state index contributed by atoms with van der Waals surface area (Å²) in [7, 11) is 0. The minimum absolute atomic E-state index is 0.813. The molecule has 0 aromatic heterocycles. The molecule has 2 N–H and O–H groups in total. The molecule has 0 saturated heterocycles. The molecule has 0 saturated carbocycles. The lowest BCUT2D eigenvalue weighted by Gasteiger charge is -1.97. The number of hydrogen-bond acceptors (Lipinski definition) is 1. The molecule has 0 heterocycles. The van der Waals surface area contributed by atoms with E-state index in [4.69, 9.17) is 5.73 Å². The van der Waals surface area contributed by atoms with Crippen molar-refractivity contribution in [3.05, 3.63) is 6.42 Å². The summed E-state index contributed by atoms with van der Waals surface area (Å²) in [4.78, 5) is 0. The molecule has 0 unspecified atom stereocenters. The molecule has 0 aromatic rings. The molecule has 0 aliphatic rings. The first-order valence-corrected chi connectivity index (χ1v) is 4.43. The maximum Gasteiger partial charge on any atom is -0.00745 e. The Balaban J connectivity index is 2.65. The van der Waals surface area contributed by atoms with Crippen LogP contribution in [0, 0.1) is 6.42 Å². The molecule has 0 aliphatic heterocycles. The van der Waals surface area contributed by atoms with E-state index in [0.717, 1.165) is 13.0 Å². The average Bonchev–Trinajstić information content (AvgIpc) is 1.97. The number of unbranched alkanes of at least 4 members (excludes halogenated alkanes) is 6. The number of rotatable bonds is 7. The Hall–Kier alpha value is -0.0400. The van der Waals surface area contributed by atoms with Crippen LogP contribution in [0.2, 0.25) is 0 Å². The first-order chi connectivity index (χ1) is 4.91. The molecule has 0 bridgehead atoms. The SMILES string of the molecule is CCCCCC[CH]CCN. The standard InChI is InChI=1S/C9H20N/c1-2-3-4-5-6-7-8-9-10/h7H,2-6,8-10H2,1H3. The Labute approximate surface area is 65.0 Å². The van der Waals surface area contributed by atoms with Crippen molar-refractivity contribution < 1.29 is 0 Å². The second-order valence-electron chi connectivity index (χ2n) is 2.72.